The average Bonchev–Trinajstić information content (AvgIpc) is 2.13. The van der Waals surface area contributed by atoms with E-state index in [9.17, 15) is 4.39 Å². The maximum absolute atomic E-state index is 12.6. The summed E-state index contributed by atoms with van der Waals surface area (Å²) >= 11 is 0. The molecular weight excluding hydrogens is 179 g/mol. The lowest BCUT2D eigenvalue weighted by atomic mass is 9.97. The Morgan fingerprint density at radius 1 is 1.50 bits per heavy atom. The van der Waals surface area contributed by atoms with E-state index in [4.69, 9.17) is 0 Å². The molecule has 1 aliphatic rings. The molecule has 0 unspecified atom stereocenters. The minimum atomic E-state index is -0.260. The number of halogens is 1. The minimum Gasteiger partial charge on any atom is -0.297 e. The van der Waals surface area contributed by atoms with Crippen LogP contribution in [0, 0.1) is 11.7 Å². The molecule has 0 spiro atoms. The van der Waals surface area contributed by atoms with Gasteiger partial charge in [-0.05, 0) is 18.1 Å². The van der Waals surface area contributed by atoms with Gasteiger partial charge in [0.2, 0.25) is 0 Å². The summed E-state index contributed by atoms with van der Waals surface area (Å²) in [6, 6.07) is 3.23. The van der Waals surface area contributed by atoms with Crippen molar-refractivity contribution in [3.05, 3.63) is 29.8 Å². The van der Waals surface area contributed by atoms with Crippen LogP contribution in [0.15, 0.2) is 18.3 Å². The van der Waals surface area contributed by atoms with Crippen LogP contribution in [0.3, 0.4) is 0 Å². The molecule has 0 aromatic carbocycles. The zero-order chi connectivity index (χ0) is 9.97. The molecule has 2 heterocycles. The summed E-state index contributed by atoms with van der Waals surface area (Å²) in [7, 11) is 0. The van der Waals surface area contributed by atoms with Gasteiger partial charge in [-0.2, -0.15) is 0 Å². The Labute approximate surface area is 83.8 Å². The second-order valence-corrected chi connectivity index (χ2v) is 3.94. The lowest BCUT2D eigenvalue weighted by Crippen LogP contribution is -2.45. The highest BCUT2D eigenvalue weighted by Crippen LogP contribution is 2.20. The maximum Gasteiger partial charge on any atom is 0.141 e. The molecule has 0 N–H and O–H groups in total. The monoisotopic (exact) mass is 194 g/mol. The van der Waals surface area contributed by atoms with E-state index in [2.05, 4.69) is 16.8 Å². The molecule has 1 aromatic heterocycles. The third-order valence-electron chi connectivity index (χ3n) is 2.78. The molecule has 1 saturated heterocycles. The smallest absolute Gasteiger partial charge is 0.141 e. The standard InChI is InChI=1S/C11H15FN2/c1-2-9-6-14(7-9)8-11-4-3-10(12)5-13-11/h3-5,9H,2,6-8H2,1H3. The molecule has 1 aromatic rings. The van der Waals surface area contributed by atoms with E-state index in [0.717, 1.165) is 31.2 Å². The van der Waals surface area contributed by atoms with Crippen LogP contribution < -0.4 is 0 Å². The fourth-order valence-electron chi connectivity index (χ4n) is 1.79. The van der Waals surface area contributed by atoms with Crippen LogP contribution in [0.2, 0.25) is 0 Å². The van der Waals surface area contributed by atoms with Crippen molar-refractivity contribution in [3.63, 3.8) is 0 Å². The number of rotatable bonds is 3. The van der Waals surface area contributed by atoms with Crippen molar-refractivity contribution in [2.45, 2.75) is 19.9 Å². The Hall–Kier alpha value is -0.960. The molecule has 0 bridgehead atoms. The van der Waals surface area contributed by atoms with Gasteiger partial charge in [0.1, 0.15) is 5.82 Å². The molecule has 0 radical (unpaired) electrons. The fraction of sp³-hybridized carbons (Fsp3) is 0.545. The topological polar surface area (TPSA) is 16.1 Å². The summed E-state index contributed by atoms with van der Waals surface area (Å²) in [6.45, 7) is 5.40. The molecule has 0 saturated carbocycles. The predicted molar refractivity (Wildman–Crippen MR) is 53.3 cm³/mol. The largest absolute Gasteiger partial charge is 0.297 e. The SMILES string of the molecule is CCC1CN(Cc2ccc(F)cn2)C1. The van der Waals surface area contributed by atoms with Crippen LogP contribution in [-0.4, -0.2) is 23.0 Å². The van der Waals surface area contributed by atoms with Crippen molar-refractivity contribution in [2.75, 3.05) is 13.1 Å². The third kappa shape index (κ3) is 2.10. The predicted octanol–water partition coefficient (Wildman–Crippen LogP) is 2.06. The number of aromatic nitrogens is 1. The Morgan fingerprint density at radius 3 is 2.86 bits per heavy atom. The average molecular weight is 194 g/mol. The first kappa shape index (κ1) is 9.59. The minimum absolute atomic E-state index is 0.260. The zero-order valence-electron chi connectivity index (χ0n) is 8.41. The molecule has 2 nitrogen and oxygen atoms in total. The number of likely N-dealkylation sites (tertiary alicyclic amines) is 1. The van der Waals surface area contributed by atoms with Crippen molar-refractivity contribution in [1.29, 1.82) is 0 Å². The van der Waals surface area contributed by atoms with Crippen LogP contribution in [0.25, 0.3) is 0 Å². The number of nitrogens with zero attached hydrogens (tertiary/aromatic N) is 2. The number of hydrogen-bond donors (Lipinski definition) is 0. The molecule has 14 heavy (non-hydrogen) atoms. The highest BCUT2D eigenvalue weighted by atomic mass is 19.1. The lowest BCUT2D eigenvalue weighted by Gasteiger charge is -2.38. The van der Waals surface area contributed by atoms with Gasteiger partial charge in [-0.1, -0.05) is 13.3 Å². The van der Waals surface area contributed by atoms with Crippen LogP contribution in [0.1, 0.15) is 19.0 Å². The Morgan fingerprint density at radius 2 is 2.29 bits per heavy atom. The van der Waals surface area contributed by atoms with Crippen molar-refractivity contribution >= 4 is 0 Å². The van der Waals surface area contributed by atoms with Gasteiger partial charge in [0, 0.05) is 19.6 Å². The summed E-state index contributed by atoms with van der Waals surface area (Å²) in [6.07, 6.45) is 2.54. The van der Waals surface area contributed by atoms with Crippen LogP contribution in [-0.2, 0) is 6.54 Å². The van der Waals surface area contributed by atoms with Crippen molar-refractivity contribution in [3.8, 4) is 0 Å². The molecule has 1 aliphatic heterocycles. The highest BCUT2D eigenvalue weighted by Gasteiger charge is 2.24. The van der Waals surface area contributed by atoms with E-state index in [1.807, 2.05) is 0 Å². The fourth-order valence-corrected chi connectivity index (χ4v) is 1.79. The Bertz CT molecular complexity index is 291. The summed E-state index contributed by atoms with van der Waals surface area (Å²) in [5.74, 6) is 0.597. The van der Waals surface area contributed by atoms with Crippen LogP contribution in [0.5, 0.6) is 0 Å². The Kier molecular flexibility index (Phi) is 2.77. The van der Waals surface area contributed by atoms with Gasteiger partial charge >= 0.3 is 0 Å². The van der Waals surface area contributed by atoms with Gasteiger partial charge in [0.15, 0.2) is 0 Å². The molecule has 2 rings (SSSR count). The van der Waals surface area contributed by atoms with E-state index >= 15 is 0 Å². The van der Waals surface area contributed by atoms with Crippen molar-refractivity contribution < 1.29 is 4.39 Å². The number of pyridine rings is 1. The second-order valence-electron chi connectivity index (χ2n) is 3.94. The third-order valence-corrected chi connectivity index (χ3v) is 2.78. The summed E-state index contributed by atoms with van der Waals surface area (Å²) in [5, 5.41) is 0. The first-order valence-corrected chi connectivity index (χ1v) is 5.10. The lowest BCUT2D eigenvalue weighted by molar-refractivity contribution is 0.0884. The molecule has 76 valence electrons. The van der Waals surface area contributed by atoms with E-state index in [0.29, 0.717) is 0 Å². The second kappa shape index (κ2) is 4.05. The molecule has 0 atom stereocenters. The quantitative estimate of drug-likeness (QED) is 0.732. The highest BCUT2D eigenvalue weighted by molar-refractivity contribution is 5.05. The first-order valence-electron chi connectivity index (χ1n) is 5.10. The molecule has 1 fully saturated rings. The van der Waals surface area contributed by atoms with E-state index in [-0.39, 0.29) is 5.82 Å². The van der Waals surface area contributed by atoms with Gasteiger partial charge in [0.05, 0.1) is 11.9 Å². The molecule has 0 aliphatic carbocycles. The molecule has 0 amide bonds. The van der Waals surface area contributed by atoms with Gasteiger partial charge in [0.25, 0.3) is 0 Å². The normalized spacial score (nSPS) is 18.1. The summed E-state index contributed by atoms with van der Waals surface area (Å²) in [5.41, 5.74) is 0.959. The molecular formula is C11H15FN2. The van der Waals surface area contributed by atoms with E-state index < -0.39 is 0 Å². The maximum atomic E-state index is 12.6. The molecule has 3 heteroatoms. The van der Waals surface area contributed by atoms with Crippen LogP contribution in [0.4, 0.5) is 4.39 Å². The van der Waals surface area contributed by atoms with Crippen molar-refractivity contribution in [2.24, 2.45) is 5.92 Å². The van der Waals surface area contributed by atoms with E-state index in [1.54, 1.807) is 6.07 Å². The first-order chi connectivity index (χ1) is 6.78. The van der Waals surface area contributed by atoms with Crippen LogP contribution >= 0.6 is 0 Å². The zero-order valence-corrected chi connectivity index (χ0v) is 8.41. The van der Waals surface area contributed by atoms with Gasteiger partial charge in [-0.25, -0.2) is 4.39 Å². The summed E-state index contributed by atoms with van der Waals surface area (Å²) < 4.78 is 12.6. The summed E-state index contributed by atoms with van der Waals surface area (Å²) in [4.78, 5) is 6.38. The van der Waals surface area contributed by atoms with Gasteiger partial charge in [-0.15, -0.1) is 0 Å². The number of hydrogen-bond acceptors (Lipinski definition) is 2. The van der Waals surface area contributed by atoms with Gasteiger partial charge < -0.3 is 0 Å². The Balaban J connectivity index is 1.84. The van der Waals surface area contributed by atoms with Gasteiger partial charge in [-0.3, -0.25) is 9.88 Å². The van der Waals surface area contributed by atoms with E-state index in [1.165, 1.54) is 18.7 Å². The van der Waals surface area contributed by atoms with Crippen molar-refractivity contribution in [1.82, 2.24) is 9.88 Å².